The molecule has 0 amide bonds. The van der Waals surface area contributed by atoms with Gasteiger partial charge in [-0.25, -0.2) is 0 Å². The Morgan fingerprint density at radius 1 is 1.33 bits per heavy atom. The lowest BCUT2D eigenvalue weighted by molar-refractivity contribution is -0.0243. The summed E-state index contributed by atoms with van der Waals surface area (Å²) in [7, 11) is 0. The van der Waals surface area contributed by atoms with Crippen molar-refractivity contribution in [1.82, 2.24) is 5.32 Å². The molecular weight excluding hydrogens is 186 g/mol. The van der Waals surface area contributed by atoms with Crippen molar-refractivity contribution >= 4 is 0 Å². The zero-order valence-corrected chi connectivity index (χ0v) is 10.7. The van der Waals surface area contributed by atoms with Gasteiger partial charge in [-0.3, -0.25) is 0 Å². The van der Waals surface area contributed by atoms with Crippen LogP contribution in [0.3, 0.4) is 0 Å². The first-order valence-corrected chi connectivity index (χ1v) is 6.39. The highest BCUT2D eigenvalue weighted by molar-refractivity contribution is 4.89. The number of aliphatic hydroxyl groups is 1. The fourth-order valence-corrected chi connectivity index (χ4v) is 2.51. The molecule has 2 N–H and O–H groups in total. The molecule has 2 unspecified atom stereocenters. The van der Waals surface area contributed by atoms with E-state index in [1.54, 1.807) is 0 Å². The lowest BCUT2D eigenvalue weighted by Crippen LogP contribution is -2.46. The molecule has 1 fully saturated rings. The van der Waals surface area contributed by atoms with Crippen LogP contribution in [0.4, 0.5) is 0 Å². The minimum absolute atomic E-state index is 0.447. The first-order valence-electron chi connectivity index (χ1n) is 6.39. The largest absolute Gasteiger partial charge is 0.389 e. The van der Waals surface area contributed by atoms with Gasteiger partial charge < -0.3 is 10.4 Å². The van der Waals surface area contributed by atoms with Gasteiger partial charge >= 0.3 is 0 Å². The molecule has 0 heterocycles. The lowest BCUT2D eigenvalue weighted by atomic mass is 9.73. The molecule has 0 bridgehead atoms. The Morgan fingerprint density at radius 2 is 2.00 bits per heavy atom. The molecule has 1 saturated carbocycles. The molecule has 1 rings (SSSR count). The van der Waals surface area contributed by atoms with Crippen LogP contribution < -0.4 is 5.32 Å². The molecule has 0 spiro atoms. The van der Waals surface area contributed by atoms with Crippen LogP contribution in [0.2, 0.25) is 0 Å². The molecule has 1 aliphatic carbocycles. The van der Waals surface area contributed by atoms with Gasteiger partial charge in [0.05, 0.1) is 5.60 Å². The second kappa shape index (κ2) is 5.31. The molecule has 0 saturated heterocycles. The van der Waals surface area contributed by atoms with E-state index in [2.05, 4.69) is 33.0 Å². The maximum absolute atomic E-state index is 10.5. The second-order valence-corrected chi connectivity index (χ2v) is 5.86. The number of hydrogen-bond donors (Lipinski definition) is 2. The molecular formula is C13H27NO. The molecule has 0 radical (unpaired) electrons. The molecule has 90 valence electrons. The number of hydrogen-bond acceptors (Lipinski definition) is 2. The smallest absolute Gasteiger partial charge is 0.0774 e. The Bertz CT molecular complexity index is 191. The first-order chi connectivity index (χ1) is 6.93. The third-order valence-corrected chi connectivity index (χ3v) is 3.64. The fourth-order valence-electron chi connectivity index (χ4n) is 2.51. The zero-order valence-electron chi connectivity index (χ0n) is 10.7. The van der Waals surface area contributed by atoms with Crippen LogP contribution in [0.15, 0.2) is 0 Å². The Labute approximate surface area is 94.5 Å². The molecule has 2 heteroatoms. The molecule has 2 nitrogen and oxygen atoms in total. The van der Waals surface area contributed by atoms with Crippen LogP contribution in [0, 0.1) is 11.8 Å². The summed E-state index contributed by atoms with van der Waals surface area (Å²) < 4.78 is 0. The standard InChI is InChI=1S/C13H27NO/c1-10(2)12-6-5-7-13(15,8-12)9-14-11(3)4/h10-12,14-15H,5-9H2,1-4H3. The van der Waals surface area contributed by atoms with Crippen LogP contribution in [0.25, 0.3) is 0 Å². The van der Waals surface area contributed by atoms with Gasteiger partial charge in [0.2, 0.25) is 0 Å². The third kappa shape index (κ3) is 4.12. The van der Waals surface area contributed by atoms with Crippen LogP contribution in [0.5, 0.6) is 0 Å². The van der Waals surface area contributed by atoms with E-state index in [9.17, 15) is 5.11 Å². The Kier molecular flexibility index (Phi) is 4.60. The minimum atomic E-state index is -0.447. The van der Waals surface area contributed by atoms with Crippen molar-refractivity contribution < 1.29 is 5.11 Å². The van der Waals surface area contributed by atoms with Gasteiger partial charge in [0, 0.05) is 12.6 Å². The molecule has 0 aromatic carbocycles. The Hall–Kier alpha value is -0.0800. The van der Waals surface area contributed by atoms with Crippen molar-refractivity contribution in [3.63, 3.8) is 0 Å². The predicted octanol–water partition coefficient (Wildman–Crippen LogP) is 2.56. The van der Waals surface area contributed by atoms with E-state index in [0.29, 0.717) is 17.9 Å². The van der Waals surface area contributed by atoms with Gasteiger partial charge in [0.15, 0.2) is 0 Å². The van der Waals surface area contributed by atoms with Gasteiger partial charge in [0.1, 0.15) is 0 Å². The van der Waals surface area contributed by atoms with E-state index in [0.717, 1.165) is 19.4 Å². The minimum Gasteiger partial charge on any atom is -0.389 e. The van der Waals surface area contributed by atoms with E-state index in [4.69, 9.17) is 0 Å². The highest BCUT2D eigenvalue weighted by Gasteiger charge is 2.35. The summed E-state index contributed by atoms with van der Waals surface area (Å²) >= 11 is 0. The van der Waals surface area contributed by atoms with Gasteiger partial charge in [-0.2, -0.15) is 0 Å². The Morgan fingerprint density at radius 3 is 2.53 bits per heavy atom. The SMILES string of the molecule is CC(C)NCC1(O)CCCC(C(C)C)C1. The summed E-state index contributed by atoms with van der Waals surface area (Å²) in [5, 5.41) is 13.8. The molecule has 1 aliphatic rings. The Balaban J connectivity index is 2.45. The highest BCUT2D eigenvalue weighted by atomic mass is 16.3. The van der Waals surface area contributed by atoms with E-state index in [1.165, 1.54) is 12.8 Å². The van der Waals surface area contributed by atoms with Gasteiger partial charge in [-0.15, -0.1) is 0 Å². The zero-order chi connectivity index (χ0) is 11.5. The van der Waals surface area contributed by atoms with E-state index >= 15 is 0 Å². The van der Waals surface area contributed by atoms with E-state index < -0.39 is 5.60 Å². The summed E-state index contributed by atoms with van der Waals surface area (Å²) in [4.78, 5) is 0. The van der Waals surface area contributed by atoms with Gasteiger partial charge in [-0.05, 0) is 31.1 Å². The van der Waals surface area contributed by atoms with Crippen molar-refractivity contribution in [3.05, 3.63) is 0 Å². The average molecular weight is 213 g/mol. The van der Waals surface area contributed by atoms with Crippen LogP contribution in [0.1, 0.15) is 53.4 Å². The molecule has 0 aromatic rings. The normalized spacial score (nSPS) is 32.6. The lowest BCUT2D eigenvalue weighted by Gasteiger charge is -2.39. The summed E-state index contributed by atoms with van der Waals surface area (Å²) in [6.07, 6.45) is 4.42. The van der Waals surface area contributed by atoms with Crippen molar-refractivity contribution in [3.8, 4) is 0 Å². The van der Waals surface area contributed by atoms with Gasteiger partial charge in [-0.1, -0.05) is 34.1 Å². The van der Waals surface area contributed by atoms with Crippen molar-refractivity contribution in [2.45, 2.75) is 65.0 Å². The van der Waals surface area contributed by atoms with Crippen LogP contribution in [-0.2, 0) is 0 Å². The van der Waals surface area contributed by atoms with Crippen LogP contribution >= 0.6 is 0 Å². The fraction of sp³-hybridized carbons (Fsp3) is 1.00. The first kappa shape index (κ1) is 13.0. The van der Waals surface area contributed by atoms with Crippen molar-refractivity contribution in [1.29, 1.82) is 0 Å². The van der Waals surface area contributed by atoms with Crippen molar-refractivity contribution in [2.24, 2.45) is 11.8 Å². The quantitative estimate of drug-likeness (QED) is 0.752. The van der Waals surface area contributed by atoms with Crippen molar-refractivity contribution in [2.75, 3.05) is 6.54 Å². The molecule has 0 aliphatic heterocycles. The second-order valence-electron chi connectivity index (χ2n) is 5.86. The van der Waals surface area contributed by atoms with E-state index in [1.807, 2.05) is 0 Å². The molecule has 15 heavy (non-hydrogen) atoms. The molecule has 2 atom stereocenters. The number of nitrogens with one attached hydrogen (secondary N) is 1. The maximum Gasteiger partial charge on any atom is 0.0774 e. The monoisotopic (exact) mass is 213 g/mol. The van der Waals surface area contributed by atoms with Gasteiger partial charge in [0.25, 0.3) is 0 Å². The highest BCUT2D eigenvalue weighted by Crippen LogP contribution is 2.35. The van der Waals surface area contributed by atoms with Crippen LogP contribution in [-0.4, -0.2) is 23.3 Å². The summed E-state index contributed by atoms with van der Waals surface area (Å²) in [5.41, 5.74) is -0.447. The van der Waals surface area contributed by atoms with E-state index in [-0.39, 0.29) is 0 Å². The summed E-state index contributed by atoms with van der Waals surface area (Å²) in [6, 6.07) is 0.466. The number of rotatable bonds is 4. The molecule has 0 aromatic heterocycles. The third-order valence-electron chi connectivity index (χ3n) is 3.64. The maximum atomic E-state index is 10.5. The predicted molar refractivity (Wildman–Crippen MR) is 64.9 cm³/mol. The summed E-state index contributed by atoms with van der Waals surface area (Å²) in [6.45, 7) is 9.56. The average Bonchev–Trinajstić information content (AvgIpc) is 2.15. The summed E-state index contributed by atoms with van der Waals surface area (Å²) in [5.74, 6) is 1.41. The topological polar surface area (TPSA) is 32.3 Å².